The minimum atomic E-state index is -0.101. The Morgan fingerprint density at radius 1 is 0.825 bits per heavy atom. The summed E-state index contributed by atoms with van der Waals surface area (Å²) >= 11 is 1.99. The van der Waals surface area contributed by atoms with Crippen LogP contribution in [0.4, 0.5) is 0 Å². The lowest BCUT2D eigenvalue weighted by atomic mass is 9.72. The Hall–Kier alpha value is -3.60. The Morgan fingerprint density at radius 3 is 2.33 bits per heavy atom. The van der Waals surface area contributed by atoms with Gasteiger partial charge in [0.1, 0.15) is 18.2 Å². The maximum absolute atomic E-state index is 5.05. The second-order valence-corrected chi connectivity index (χ2v) is 12.8. The molecule has 2 aliphatic carbocycles. The summed E-state index contributed by atoms with van der Waals surface area (Å²) in [5, 5.41) is 7.43. The number of allylic oxidation sites excluding steroid dienone is 6. The fourth-order valence-corrected chi connectivity index (χ4v) is 8.02. The first-order valence-corrected chi connectivity index (χ1v) is 15.2. The van der Waals surface area contributed by atoms with Crippen LogP contribution < -0.4 is 10.6 Å². The van der Waals surface area contributed by atoms with E-state index in [-0.39, 0.29) is 17.7 Å². The third kappa shape index (κ3) is 4.70. The largest absolute Gasteiger partial charge is 0.350 e. The summed E-state index contributed by atoms with van der Waals surface area (Å²) in [4.78, 5) is 8.01. The van der Waals surface area contributed by atoms with Crippen molar-refractivity contribution in [1.82, 2.24) is 10.6 Å². The van der Waals surface area contributed by atoms with E-state index < -0.39 is 0 Å². The molecular weight excluding hydrogens is 506 g/mol. The first-order valence-electron chi connectivity index (χ1n) is 14.3. The normalized spacial score (nSPS) is 26.8. The number of benzene rings is 3. The van der Waals surface area contributed by atoms with Gasteiger partial charge in [0, 0.05) is 15.9 Å². The Bertz CT molecular complexity index is 1560. The molecule has 200 valence electrons. The first kappa shape index (κ1) is 25.4. The molecule has 4 aliphatic rings. The van der Waals surface area contributed by atoms with Crippen molar-refractivity contribution in [2.45, 2.75) is 49.3 Å². The lowest BCUT2D eigenvalue weighted by Gasteiger charge is -2.39. The van der Waals surface area contributed by atoms with Gasteiger partial charge in [0.25, 0.3) is 0 Å². The summed E-state index contributed by atoms with van der Waals surface area (Å²) in [6, 6.07) is 29.9. The SMILES string of the molecule is CC1(C)C2=C(CC(C3C=CC(C4NC(c5ccccc5)=NC(c5ccccc5)N4)=CC3)C=C2)Sc2ccccc21. The van der Waals surface area contributed by atoms with Crippen LogP contribution in [0.15, 0.2) is 141 Å². The number of thioether (sulfide) groups is 1. The number of amidine groups is 1. The Balaban J connectivity index is 1.08. The van der Waals surface area contributed by atoms with Crippen molar-refractivity contribution in [3.05, 3.63) is 148 Å². The molecule has 0 fully saturated rings. The highest BCUT2D eigenvalue weighted by Gasteiger charge is 2.37. The zero-order chi connectivity index (χ0) is 27.1. The molecule has 0 radical (unpaired) electrons. The first-order chi connectivity index (χ1) is 19.6. The van der Waals surface area contributed by atoms with Crippen molar-refractivity contribution in [2.75, 3.05) is 0 Å². The van der Waals surface area contributed by atoms with Crippen molar-refractivity contribution in [2.24, 2.45) is 16.8 Å². The molecule has 2 aliphatic heterocycles. The quantitative estimate of drug-likeness (QED) is 0.351. The molecular formula is C36H35N3S. The Kier molecular flexibility index (Phi) is 6.61. The van der Waals surface area contributed by atoms with Gasteiger partial charge in [-0.1, -0.05) is 135 Å². The van der Waals surface area contributed by atoms with Crippen LogP contribution in [0.3, 0.4) is 0 Å². The number of nitrogens with one attached hydrogen (secondary N) is 2. The molecule has 3 aromatic carbocycles. The molecule has 0 bridgehead atoms. The second kappa shape index (κ2) is 10.4. The van der Waals surface area contributed by atoms with Gasteiger partial charge in [0.15, 0.2) is 0 Å². The van der Waals surface area contributed by atoms with E-state index in [9.17, 15) is 0 Å². The van der Waals surface area contributed by atoms with Gasteiger partial charge in [0.05, 0.1) is 0 Å². The number of nitrogens with zero attached hydrogens (tertiary/aromatic N) is 1. The average molecular weight is 542 g/mol. The molecule has 4 unspecified atom stereocenters. The topological polar surface area (TPSA) is 36.4 Å². The molecule has 4 heteroatoms. The van der Waals surface area contributed by atoms with Crippen LogP contribution in [0.1, 0.15) is 49.5 Å². The minimum absolute atomic E-state index is 0.00229. The van der Waals surface area contributed by atoms with Gasteiger partial charge in [0.2, 0.25) is 0 Å². The predicted molar refractivity (Wildman–Crippen MR) is 167 cm³/mol. The van der Waals surface area contributed by atoms with Gasteiger partial charge in [-0.25, -0.2) is 4.99 Å². The Morgan fingerprint density at radius 2 is 1.55 bits per heavy atom. The van der Waals surface area contributed by atoms with Gasteiger partial charge in [-0.15, -0.1) is 0 Å². The summed E-state index contributed by atoms with van der Waals surface area (Å²) in [7, 11) is 0. The lowest BCUT2D eigenvalue weighted by molar-refractivity contribution is 0.429. The summed E-state index contributed by atoms with van der Waals surface area (Å²) < 4.78 is 0. The molecule has 0 saturated carbocycles. The third-order valence-corrected chi connectivity index (χ3v) is 9.98. The van der Waals surface area contributed by atoms with E-state index in [0.29, 0.717) is 11.8 Å². The van der Waals surface area contributed by atoms with Crippen molar-refractivity contribution in [1.29, 1.82) is 0 Å². The maximum atomic E-state index is 5.05. The van der Waals surface area contributed by atoms with E-state index in [1.165, 1.54) is 27.2 Å². The van der Waals surface area contributed by atoms with Gasteiger partial charge in [-0.2, -0.15) is 0 Å². The number of rotatable bonds is 4. The molecule has 0 aromatic heterocycles. The summed E-state index contributed by atoms with van der Waals surface area (Å²) in [6.45, 7) is 4.75. The molecule has 4 atom stereocenters. The van der Waals surface area contributed by atoms with E-state index in [1.54, 1.807) is 4.91 Å². The number of hydrogen-bond acceptors (Lipinski definition) is 4. The lowest BCUT2D eigenvalue weighted by Crippen LogP contribution is -2.52. The van der Waals surface area contributed by atoms with Crippen LogP contribution in [-0.2, 0) is 5.41 Å². The third-order valence-electron chi connectivity index (χ3n) is 8.77. The van der Waals surface area contributed by atoms with Gasteiger partial charge >= 0.3 is 0 Å². The monoisotopic (exact) mass is 541 g/mol. The molecule has 2 heterocycles. The fourth-order valence-electron chi connectivity index (χ4n) is 6.47. The van der Waals surface area contributed by atoms with Crippen LogP contribution in [0.25, 0.3) is 0 Å². The van der Waals surface area contributed by atoms with Gasteiger partial charge < -0.3 is 5.32 Å². The van der Waals surface area contributed by atoms with E-state index in [0.717, 1.165) is 24.2 Å². The molecule has 0 saturated heterocycles. The molecule has 0 amide bonds. The molecule has 2 N–H and O–H groups in total. The smallest absolute Gasteiger partial charge is 0.131 e. The van der Waals surface area contributed by atoms with Crippen molar-refractivity contribution in [3.8, 4) is 0 Å². The van der Waals surface area contributed by atoms with Crippen LogP contribution in [-0.4, -0.2) is 12.0 Å². The van der Waals surface area contributed by atoms with Crippen LogP contribution in [0.2, 0.25) is 0 Å². The molecule has 0 spiro atoms. The fraction of sp³-hybridized carbons (Fsp3) is 0.250. The molecule has 7 rings (SSSR count). The van der Waals surface area contributed by atoms with E-state index in [4.69, 9.17) is 4.99 Å². The zero-order valence-corrected chi connectivity index (χ0v) is 23.9. The maximum Gasteiger partial charge on any atom is 0.131 e. The summed E-state index contributed by atoms with van der Waals surface area (Å²) in [5.41, 5.74) is 6.57. The van der Waals surface area contributed by atoms with Crippen molar-refractivity contribution in [3.63, 3.8) is 0 Å². The molecule has 3 aromatic rings. The highest BCUT2D eigenvalue weighted by molar-refractivity contribution is 8.03. The van der Waals surface area contributed by atoms with Gasteiger partial charge in [-0.05, 0) is 57.9 Å². The van der Waals surface area contributed by atoms with Crippen LogP contribution >= 0.6 is 11.8 Å². The van der Waals surface area contributed by atoms with E-state index in [1.807, 2.05) is 17.8 Å². The van der Waals surface area contributed by atoms with Gasteiger partial charge in [-0.3, -0.25) is 5.32 Å². The zero-order valence-electron chi connectivity index (χ0n) is 23.0. The number of aliphatic imine (C=N–C) groups is 1. The molecule has 3 nitrogen and oxygen atoms in total. The highest BCUT2D eigenvalue weighted by Crippen LogP contribution is 2.53. The number of fused-ring (bicyclic) bond motifs is 1. The van der Waals surface area contributed by atoms with E-state index >= 15 is 0 Å². The summed E-state index contributed by atoms with van der Waals surface area (Å²) in [5.74, 6) is 1.96. The van der Waals surface area contributed by atoms with Crippen molar-refractivity contribution < 1.29 is 0 Å². The van der Waals surface area contributed by atoms with E-state index in [2.05, 4.69) is 134 Å². The standard InChI is InChI=1S/C36H35N3S/c1-36(2)29-15-9-10-16-31(29)40-32-23-28(21-22-30(32)36)24-17-19-27(20-18-24)35-38-33(25-11-5-3-6-12-25)37-34(39-35)26-13-7-4-8-14-26/h3-17,19-22,24,28,33,35,38H,18,23H2,1-2H3,(H,37,39). The minimum Gasteiger partial charge on any atom is -0.350 e. The van der Waals surface area contributed by atoms with Crippen molar-refractivity contribution >= 4 is 17.6 Å². The number of hydrogen-bond donors (Lipinski definition) is 2. The molecule has 40 heavy (non-hydrogen) atoms. The average Bonchev–Trinajstić information content (AvgIpc) is 3.01. The predicted octanol–water partition coefficient (Wildman–Crippen LogP) is 8.07. The summed E-state index contributed by atoms with van der Waals surface area (Å²) in [6.07, 6.45) is 14.2. The second-order valence-electron chi connectivity index (χ2n) is 11.7. The Labute approximate surface area is 241 Å². The highest BCUT2D eigenvalue weighted by atomic mass is 32.2. The van der Waals surface area contributed by atoms with Crippen LogP contribution in [0, 0.1) is 11.8 Å². The van der Waals surface area contributed by atoms with Crippen LogP contribution in [0.5, 0.6) is 0 Å².